The Hall–Kier alpha value is -0.380. The van der Waals surface area contributed by atoms with Crippen molar-refractivity contribution in [2.45, 2.75) is 51.1 Å². The first-order chi connectivity index (χ1) is 9.56. The van der Waals surface area contributed by atoms with Crippen molar-refractivity contribution in [3.05, 3.63) is 34.3 Å². The van der Waals surface area contributed by atoms with Gasteiger partial charge in [-0.2, -0.15) is 0 Å². The minimum absolute atomic E-state index is 0.135. The van der Waals surface area contributed by atoms with E-state index in [4.69, 9.17) is 5.73 Å². The molecular weight excluding hydrogens is 312 g/mol. The molecule has 20 heavy (non-hydrogen) atoms. The van der Waals surface area contributed by atoms with E-state index in [0.717, 1.165) is 29.4 Å². The van der Waals surface area contributed by atoms with Crippen LogP contribution in [0.2, 0.25) is 0 Å². The Labute approximate surface area is 131 Å². The molecule has 3 heteroatoms. The van der Waals surface area contributed by atoms with Crippen molar-refractivity contribution in [3.63, 3.8) is 0 Å². The first kappa shape index (κ1) is 16.0. The predicted octanol–water partition coefficient (Wildman–Crippen LogP) is 4.35. The summed E-state index contributed by atoms with van der Waals surface area (Å²) in [7, 11) is 2.26. The number of rotatable bonds is 5. The van der Waals surface area contributed by atoms with Crippen molar-refractivity contribution in [2.75, 3.05) is 13.6 Å². The van der Waals surface area contributed by atoms with E-state index < -0.39 is 0 Å². The zero-order valence-corrected chi connectivity index (χ0v) is 14.3. The Kier molecular flexibility index (Phi) is 6.06. The topological polar surface area (TPSA) is 29.3 Å². The number of hydrogen-bond acceptors (Lipinski definition) is 2. The number of nitrogens with zero attached hydrogens (tertiary/aromatic N) is 1. The number of halogens is 1. The zero-order valence-electron chi connectivity index (χ0n) is 12.7. The molecule has 0 spiro atoms. The number of nitrogens with two attached hydrogens (primary N) is 1. The van der Waals surface area contributed by atoms with Crippen LogP contribution in [0.5, 0.6) is 0 Å². The lowest BCUT2D eigenvalue weighted by Crippen LogP contribution is -2.37. The fourth-order valence-corrected chi connectivity index (χ4v) is 3.65. The van der Waals surface area contributed by atoms with Gasteiger partial charge in [-0.25, -0.2) is 0 Å². The van der Waals surface area contributed by atoms with Crippen LogP contribution < -0.4 is 5.73 Å². The molecule has 0 amide bonds. The van der Waals surface area contributed by atoms with Gasteiger partial charge in [0.1, 0.15) is 0 Å². The summed E-state index contributed by atoms with van der Waals surface area (Å²) in [5.74, 6) is 0.884. The van der Waals surface area contributed by atoms with Gasteiger partial charge >= 0.3 is 0 Å². The molecule has 2 N–H and O–H groups in total. The third kappa shape index (κ3) is 4.57. The summed E-state index contributed by atoms with van der Waals surface area (Å²) >= 11 is 3.51. The third-order valence-electron chi connectivity index (χ3n) is 4.60. The van der Waals surface area contributed by atoms with Gasteiger partial charge < -0.3 is 10.6 Å². The molecule has 0 heterocycles. The molecule has 1 aromatic carbocycles. The summed E-state index contributed by atoms with van der Waals surface area (Å²) in [6.07, 6.45) is 6.52. The van der Waals surface area contributed by atoms with Crippen molar-refractivity contribution in [2.24, 2.45) is 11.7 Å². The van der Waals surface area contributed by atoms with Crippen molar-refractivity contribution >= 4 is 15.9 Å². The van der Waals surface area contributed by atoms with Crippen LogP contribution in [0, 0.1) is 5.92 Å². The van der Waals surface area contributed by atoms with E-state index in [1.165, 1.54) is 31.2 Å². The van der Waals surface area contributed by atoms with E-state index in [-0.39, 0.29) is 6.04 Å². The van der Waals surface area contributed by atoms with Gasteiger partial charge in [0, 0.05) is 16.6 Å². The maximum absolute atomic E-state index is 6.32. The van der Waals surface area contributed by atoms with Gasteiger partial charge in [0.25, 0.3) is 0 Å². The van der Waals surface area contributed by atoms with Crippen molar-refractivity contribution < 1.29 is 0 Å². The van der Waals surface area contributed by atoms with E-state index in [1.54, 1.807) is 0 Å². The van der Waals surface area contributed by atoms with Gasteiger partial charge in [-0.05, 0) is 56.5 Å². The lowest BCUT2D eigenvalue weighted by molar-refractivity contribution is 0.160. The smallest absolute Gasteiger partial charge is 0.0307 e. The van der Waals surface area contributed by atoms with Crippen LogP contribution in [0.25, 0.3) is 0 Å². The molecule has 2 nitrogen and oxygen atoms in total. The minimum Gasteiger partial charge on any atom is -0.324 e. The molecule has 0 aliphatic heterocycles. The predicted molar refractivity (Wildman–Crippen MR) is 89.7 cm³/mol. The second-order valence-electron chi connectivity index (χ2n) is 6.36. The Balaban J connectivity index is 1.82. The number of benzene rings is 1. The normalized spacial score (nSPS) is 24.9. The fourth-order valence-electron chi connectivity index (χ4n) is 3.23. The lowest BCUT2D eigenvalue weighted by Gasteiger charge is -2.34. The highest BCUT2D eigenvalue weighted by atomic mass is 79.9. The second kappa shape index (κ2) is 7.58. The average Bonchev–Trinajstić information content (AvgIpc) is 2.44. The van der Waals surface area contributed by atoms with Crippen LogP contribution in [0.3, 0.4) is 0 Å². The van der Waals surface area contributed by atoms with Crippen LogP contribution in [0.1, 0.15) is 50.6 Å². The van der Waals surface area contributed by atoms with Crippen LogP contribution in [-0.4, -0.2) is 24.5 Å². The van der Waals surface area contributed by atoms with E-state index in [9.17, 15) is 0 Å². The molecular formula is C17H27BrN2. The fraction of sp³-hybridized carbons (Fsp3) is 0.647. The van der Waals surface area contributed by atoms with E-state index in [1.807, 2.05) is 6.07 Å². The summed E-state index contributed by atoms with van der Waals surface area (Å²) in [5, 5.41) is 0. The SMILES string of the molecule is CC1CCCC(N(C)CCC(N)c2cccc(Br)c2)C1. The first-order valence-corrected chi connectivity index (χ1v) is 8.57. The molecule has 3 unspecified atom stereocenters. The monoisotopic (exact) mass is 338 g/mol. The van der Waals surface area contributed by atoms with Crippen molar-refractivity contribution in [1.29, 1.82) is 0 Å². The first-order valence-electron chi connectivity index (χ1n) is 7.77. The van der Waals surface area contributed by atoms with Crippen LogP contribution in [-0.2, 0) is 0 Å². The van der Waals surface area contributed by atoms with Gasteiger partial charge in [-0.15, -0.1) is 0 Å². The van der Waals surface area contributed by atoms with Gasteiger partial charge in [0.15, 0.2) is 0 Å². The van der Waals surface area contributed by atoms with Gasteiger partial charge in [0.2, 0.25) is 0 Å². The maximum Gasteiger partial charge on any atom is 0.0307 e. The standard InChI is InChI=1S/C17H27BrN2/c1-13-5-3-8-16(11-13)20(2)10-9-17(19)14-6-4-7-15(18)12-14/h4,6-7,12-13,16-17H,3,5,8-11,19H2,1-2H3. The minimum atomic E-state index is 0.135. The highest BCUT2D eigenvalue weighted by Crippen LogP contribution is 2.27. The van der Waals surface area contributed by atoms with Crippen molar-refractivity contribution in [1.82, 2.24) is 4.90 Å². The Morgan fingerprint density at radius 2 is 2.20 bits per heavy atom. The molecule has 1 aromatic rings. The molecule has 0 bridgehead atoms. The molecule has 0 saturated heterocycles. The van der Waals surface area contributed by atoms with Crippen LogP contribution in [0.4, 0.5) is 0 Å². The van der Waals surface area contributed by atoms with E-state index in [2.05, 4.69) is 53.0 Å². The molecule has 1 aliphatic rings. The van der Waals surface area contributed by atoms with Crippen molar-refractivity contribution in [3.8, 4) is 0 Å². The quantitative estimate of drug-likeness (QED) is 0.864. The largest absolute Gasteiger partial charge is 0.324 e. The van der Waals surface area contributed by atoms with Crippen LogP contribution in [0.15, 0.2) is 28.7 Å². The highest BCUT2D eigenvalue weighted by molar-refractivity contribution is 9.10. The summed E-state index contributed by atoms with van der Waals surface area (Å²) in [5.41, 5.74) is 7.55. The second-order valence-corrected chi connectivity index (χ2v) is 7.27. The van der Waals surface area contributed by atoms with Gasteiger partial charge in [0.05, 0.1) is 0 Å². The summed E-state index contributed by atoms with van der Waals surface area (Å²) < 4.78 is 1.11. The maximum atomic E-state index is 6.32. The Morgan fingerprint density at radius 1 is 1.40 bits per heavy atom. The lowest BCUT2D eigenvalue weighted by atomic mass is 9.86. The molecule has 1 fully saturated rings. The molecule has 2 rings (SSSR count). The molecule has 112 valence electrons. The third-order valence-corrected chi connectivity index (χ3v) is 5.09. The average molecular weight is 339 g/mol. The highest BCUT2D eigenvalue weighted by Gasteiger charge is 2.22. The summed E-state index contributed by atoms with van der Waals surface area (Å²) in [6.45, 7) is 3.47. The molecule has 1 saturated carbocycles. The molecule has 1 aliphatic carbocycles. The molecule has 0 aromatic heterocycles. The van der Waals surface area contributed by atoms with Gasteiger partial charge in [-0.1, -0.05) is 47.8 Å². The van der Waals surface area contributed by atoms with Gasteiger partial charge in [-0.3, -0.25) is 0 Å². The molecule has 3 atom stereocenters. The van der Waals surface area contributed by atoms with Crippen LogP contribution >= 0.6 is 15.9 Å². The zero-order chi connectivity index (χ0) is 14.5. The Bertz CT molecular complexity index is 421. The summed E-state index contributed by atoms with van der Waals surface area (Å²) in [4.78, 5) is 2.52. The van der Waals surface area contributed by atoms with E-state index >= 15 is 0 Å². The van der Waals surface area contributed by atoms with E-state index in [0.29, 0.717) is 0 Å². The number of hydrogen-bond donors (Lipinski definition) is 1. The Morgan fingerprint density at radius 3 is 2.90 bits per heavy atom. The molecule has 0 radical (unpaired) electrons. The summed E-state index contributed by atoms with van der Waals surface area (Å²) in [6, 6.07) is 9.26.